The molecule has 0 aliphatic carbocycles. The Balaban J connectivity index is 1.88. The van der Waals surface area contributed by atoms with Gasteiger partial charge in [-0.1, -0.05) is 6.07 Å². The summed E-state index contributed by atoms with van der Waals surface area (Å²) in [5.74, 6) is 1.22. The minimum absolute atomic E-state index is 0.157. The van der Waals surface area contributed by atoms with E-state index in [9.17, 15) is 4.79 Å². The number of benzene rings is 1. The fraction of sp³-hybridized carbons (Fsp3) is 0.0625. The number of aromatic nitrogens is 1. The molecule has 22 heavy (non-hydrogen) atoms. The predicted octanol–water partition coefficient (Wildman–Crippen LogP) is 2.64. The van der Waals surface area contributed by atoms with Crippen LogP contribution in [0.15, 0.2) is 63.2 Å². The Morgan fingerprint density at radius 1 is 1.32 bits per heavy atom. The summed E-state index contributed by atoms with van der Waals surface area (Å²) in [7, 11) is 1.56. The highest BCUT2D eigenvalue weighted by molar-refractivity contribution is 5.87. The van der Waals surface area contributed by atoms with Crippen molar-refractivity contribution in [2.24, 2.45) is 5.10 Å². The highest BCUT2D eigenvalue weighted by Crippen LogP contribution is 2.18. The van der Waals surface area contributed by atoms with E-state index in [1.807, 2.05) is 6.07 Å². The zero-order valence-corrected chi connectivity index (χ0v) is 11.8. The van der Waals surface area contributed by atoms with E-state index in [4.69, 9.17) is 9.15 Å². The first-order valence-electron chi connectivity index (χ1n) is 6.57. The minimum atomic E-state index is -0.157. The van der Waals surface area contributed by atoms with Crippen LogP contribution >= 0.6 is 0 Å². The number of fused-ring (bicyclic) bond motifs is 1. The Labute approximate surface area is 126 Å². The highest BCUT2D eigenvalue weighted by Gasteiger charge is 2.06. The van der Waals surface area contributed by atoms with Crippen LogP contribution in [0.4, 0.5) is 5.82 Å². The third kappa shape index (κ3) is 2.80. The number of hydrogen-bond acceptors (Lipinski definition) is 6. The van der Waals surface area contributed by atoms with Crippen molar-refractivity contribution in [1.29, 1.82) is 0 Å². The Kier molecular flexibility index (Phi) is 3.82. The van der Waals surface area contributed by atoms with Gasteiger partial charge in [-0.3, -0.25) is 10.2 Å². The van der Waals surface area contributed by atoms with Gasteiger partial charge in [0.15, 0.2) is 0 Å². The number of methoxy groups -OCH3 is 1. The summed E-state index contributed by atoms with van der Waals surface area (Å²) in [6, 6.07) is 10.5. The summed E-state index contributed by atoms with van der Waals surface area (Å²) < 4.78 is 10.6. The largest absolute Gasteiger partial charge is 0.497 e. The molecule has 0 radical (unpaired) electrons. The summed E-state index contributed by atoms with van der Waals surface area (Å²) in [5.41, 5.74) is 3.41. The lowest BCUT2D eigenvalue weighted by Crippen LogP contribution is -2.08. The van der Waals surface area contributed by atoms with E-state index >= 15 is 0 Å². The van der Waals surface area contributed by atoms with Gasteiger partial charge in [0.05, 0.1) is 24.3 Å². The Hall–Kier alpha value is -3.15. The molecule has 3 aromatic rings. The lowest BCUT2D eigenvalue weighted by Gasteiger charge is -2.02. The smallest absolute Gasteiger partial charge is 0.201 e. The normalized spacial score (nSPS) is 11.0. The maximum atomic E-state index is 12.3. The second kappa shape index (κ2) is 6.09. The molecule has 3 rings (SSSR count). The van der Waals surface area contributed by atoms with E-state index in [1.54, 1.807) is 43.6 Å². The minimum Gasteiger partial charge on any atom is -0.497 e. The molecule has 0 saturated carbocycles. The second-order valence-electron chi connectivity index (χ2n) is 4.47. The second-order valence-corrected chi connectivity index (χ2v) is 4.47. The summed E-state index contributed by atoms with van der Waals surface area (Å²) in [6.07, 6.45) is 4.42. The molecule has 0 aliphatic rings. The van der Waals surface area contributed by atoms with Crippen LogP contribution in [0.2, 0.25) is 0 Å². The molecule has 0 fully saturated rings. The average molecular weight is 295 g/mol. The predicted molar refractivity (Wildman–Crippen MR) is 84.5 cm³/mol. The molecule has 0 aliphatic heterocycles. The molecule has 0 spiro atoms. The summed E-state index contributed by atoms with van der Waals surface area (Å²) in [4.78, 5) is 16.4. The molecule has 1 aromatic carbocycles. The van der Waals surface area contributed by atoms with Crippen molar-refractivity contribution >= 4 is 23.0 Å². The fourth-order valence-corrected chi connectivity index (χ4v) is 1.94. The first kappa shape index (κ1) is 13.8. The number of pyridine rings is 1. The Bertz CT molecular complexity index is 873. The molecule has 110 valence electrons. The third-order valence-electron chi connectivity index (χ3n) is 3.06. The van der Waals surface area contributed by atoms with Crippen LogP contribution in [0.5, 0.6) is 5.75 Å². The van der Waals surface area contributed by atoms with E-state index in [-0.39, 0.29) is 5.43 Å². The van der Waals surface area contributed by atoms with E-state index in [0.29, 0.717) is 28.1 Å². The molecule has 0 bridgehead atoms. The van der Waals surface area contributed by atoms with Crippen LogP contribution in [0.3, 0.4) is 0 Å². The van der Waals surface area contributed by atoms with Crippen LogP contribution < -0.4 is 15.6 Å². The third-order valence-corrected chi connectivity index (χ3v) is 3.06. The zero-order chi connectivity index (χ0) is 15.4. The number of hydrogen-bond donors (Lipinski definition) is 1. The van der Waals surface area contributed by atoms with Gasteiger partial charge in [0.2, 0.25) is 5.43 Å². The van der Waals surface area contributed by atoms with Crippen molar-refractivity contribution in [1.82, 2.24) is 4.98 Å². The number of ether oxygens (including phenoxy) is 1. The van der Waals surface area contributed by atoms with Crippen LogP contribution in [0.25, 0.3) is 11.0 Å². The van der Waals surface area contributed by atoms with Gasteiger partial charge in [0, 0.05) is 12.3 Å². The Morgan fingerprint density at radius 3 is 3.00 bits per heavy atom. The van der Waals surface area contributed by atoms with Crippen molar-refractivity contribution < 1.29 is 9.15 Å². The van der Waals surface area contributed by atoms with Gasteiger partial charge in [0.25, 0.3) is 0 Å². The van der Waals surface area contributed by atoms with Crippen molar-refractivity contribution in [2.45, 2.75) is 0 Å². The van der Waals surface area contributed by atoms with Gasteiger partial charge in [0.1, 0.15) is 23.4 Å². The van der Waals surface area contributed by atoms with E-state index in [2.05, 4.69) is 15.5 Å². The molecule has 0 amide bonds. The van der Waals surface area contributed by atoms with Crippen LogP contribution in [-0.4, -0.2) is 18.3 Å². The van der Waals surface area contributed by atoms with E-state index < -0.39 is 0 Å². The molecular weight excluding hydrogens is 282 g/mol. The quantitative estimate of drug-likeness (QED) is 0.591. The maximum Gasteiger partial charge on any atom is 0.201 e. The fourth-order valence-electron chi connectivity index (χ4n) is 1.94. The Morgan fingerprint density at radius 2 is 2.23 bits per heavy atom. The first-order valence-corrected chi connectivity index (χ1v) is 6.57. The number of hydrazone groups is 1. The van der Waals surface area contributed by atoms with E-state index in [0.717, 1.165) is 0 Å². The van der Waals surface area contributed by atoms with Crippen LogP contribution in [0.1, 0.15) is 5.56 Å². The van der Waals surface area contributed by atoms with Crippen molar-refractivity contribution in [3.63, 3.8) is 0 Å². The van der Waals surface area contributed by atoms with Crippen molar-refractivity contribution in [3.8, 4) is 5.75 Å². The molecule has 0 unspecified atom stereocenters. The lowest BCUT2D eigenvalue weighted by molar-refractivity contribution is 0.414. The molecule has 6 heteroatoms. The van der Waals surface area contributed by atoms with Crippen LogP contribution in [0, 0.1) is 0 Å². The zero-order valence-electron chi connectivity index (χ0n) is 11.8. The summed E-state index contributed by atoms with van der Waals surface area (Å²) in [5, 5.41) is 4.47. The molecule has 6 nitrogen and oxygen atoms in total. The highest BCUT2D eigenvalue weighted by atomic mass is 16.5. The maximum absolute atomic E-state index is 12.3. The van der Waals surface area contributed by atoms with Gasteiger partial charge in [-0.15, -0.1) is 0 Å². The SMILES string of the molecule is COc1ccc2c(=O)c(C=NNc3ccccn3)coc2c1. The molecule has 2 heterocycles. The van der Waals surface area contributed by atoms with Crippen molar-refractivity contribution in [3.05, 3.63) is 64.6 Å². The molecule has 0 saturated heterocycles. The van der Waals surface area contributed by atoms with Crippen molar-refractivity contribution in [2.75, 3.05) is 12.5 Å². The number of anilines is 1. The van der Waals surface area contributed by atoms with Gasteiger partial charge in [-0.2, -0.15) is 5.10 Å². The van der Waals surface area contributed by atoms with Gasteiger partial charge < -0.3 is 9.15 Å². The van der Waals surface area contributed by atoms with Crippen LogP contribution in [-0.2, 0) is 0 Å². The molecule has 2 aromatic heterocycles. The topological polar surface area (TPSA) is 76.7 Å². The van der Waals surface area contributed by atoms with E-state index in [1.165, 1.54) is 12.5 Å². The standard InChI is InChI=1S/C16H13N3O3/c1-21-12-5-6-13-14(8-12)22-10-11(16(13)20)9-18-19-15-4-2-3-7-17-15/h2-10H,1H3,(H,17,19). The molecule has 0 atom stereocenters. The van der Waals surface area contributed by atoms with Gasteiger partial charge in [-0.25, -0.2) is 4.98 Å². The molecular formula is C16H13N3O3. The van der Waals surface area contributed by atoms with Gasteiger partial charge in [-0.05, 0) is 24.3 Å². The summed E-state index contributed by atoms with van der Waals surface area (Å²) >= 11 is 0. The number of rotatable bonds is 4. The summed E-state index contributed by atoms with van der Waals surface area (Å²) in [6.45, 7) is 0. The lowest BCUT2D eigenvalue weighted by atomic mass is 10.2. The average Bonchev–Trinajstić information content (AvgIpc) is 2.57. The first-order chi connectivity index (χ1) is 10.8. The number of nitrogens with one attached hydrogen (secondary N) is 1. The monoisotopic (exact) mass is 295 g/mol. The number of nitrogens with zero attached hydrogens (tertiary/aromatic N) is 2. The van der Waals surface area contributed by atoms with Gasteiger partial charge >= 0.3 is 0 Å². The molecule has 1 N–H and O–H groups in total.